The van der Waals surface area contributed by atoms with Gasteiger partial charge in [0.1, 0.15) is 12.4 Å². The van der Waals surface area contributed by atoms with Gasteiger partial charge in [0, 0.05) is 30.4 Å². The number of aliphatic hydroxyl groups excluding tert-OH is 2. The minimum absolute atomic E-state index is 0.0333. The van der Waals surface area contributed by atoms with Crippen LogP contribution < -0.4 is 0 Å². The Bertz CT molecular complexity index is 1140. The van der Waals surface area contributed by atoms with E-state index in [-0.39, 0.29) is 56.9 Å². The van der Waals surface area contributed by atoms with E-state index in [4.69, 9.17) is 29.6 Å². The molecule has 234 valence electrons. The van der Waals surface area contributed by atoms with Crippen molar-refractivity contribution in [2.24, 2.45) is 0 Å². The molecule has 11 nitrogen and oxygen atoms in total. The summed E-state index contributed by atoms with van der Waals surface area (Å²) in [6.45, 7) is 8.36. The molecule has 0 spiro atoms. The Morgan fingerprint density at radius 3 is 2.24 bits per heavy atom. The maximum atomic E-state index is 13.8. The lowest BCUT2D eigenvalue weighted by Crippen LogP contribution is -2.22. The van der Waals surface area contributed by atoms with Crippen LogP contribution in [0.3, 0.4) is 0 Å². The summed E-state index contributed by atoms with van der Waals surface area (Å²) in [5, 5.41) is 37.5. The van der Waals surface area contributed by atoms with Crippen molar-refractivity contribution in [3.05, 3.63) is 58.7 Å². The Kier molecular flexibility index (Phi) is 15.2. The topological polar surface area (TPSA) is 151 Å². The fraction of sp³-hybridized carbons (Fsp3) is 0.533. The first kappa shape index (κ1) is 35.4. The number of halogens is 1. The van der Waals surface area contributed by atoms with Gasteiger partial charge in [0.05, 0.1) is 56.1 Å². The van der Waals surface area contributed by atoms with Crippen LogP contribution in [0.5, 0.6) is 0 Å². The molecule has 0 aliphatic carbocycles. The second kappa shape index (κ2) is 18.0. The molecule has 0 fully saturated rings. The van der Waals surface area contributed by atoms with Crippen molar-refractivity contribution < 1.29 is 48.9 Å². The van der Waals surface area contributed by atoms with Gasteiger partial charge in [-0.25, -0.2) is 9.23 Å². The molecule has 0 bridgehead atoms. The molecule has 1 heterocycles. The number of nitrogens with zero attached hydrogens (tertiary/aromatic N) is 2. The number of pyridine rings is 1. The van der Waals surface area contributed by atoms with Crippen LogP contribution in [-0.4, -0.2) is 82.7 Å². The van der Waals surface area contributed by atoms with Crippen molar-refractivity contribution in [1.29, 1.82) is 0 Å². The number of esters is 1. The van der Waals surface area contributed by atoms with Crippen LogP contribution in [0.2, 0.25) is 0 Å². The Morgan fingerprint density at radius 1 is 1.00 bits per heavy atom. The third-order valence-corrected chi connectivity index (χ3v) is 6.24. The Morgan fingerprint density at radius 2 is 1.64 bits per heavy atom. The summed E-state index contributed by atoms with van der Waals surface area (Å²) in [4.78, 5) is 21.4. The predicted octanol–water partition coefficient (Wildman–Crippen LogP) is 4.37. The van der Waals surface area contributed by atoms with Crippen LogP contribution in [0.4, 0.5) is 4.39 Å². The molecule has 0 saturated heterocycles. The number of aliphatic hydroxyl groups is 2. The number of ether oxygens (including phenoxy) is 3. The normalized spacial score (nSPS) is 13.5. The largest absolute Gasteiger partial charge is 0.463 e. The standard InChI is InChI=1S/C30H43FN2O9/c1-19(2)29-25(28(21-6-8-22(31)9-7-21)26(18-39-5)30(32-29)20(3)4)11-10-23(34)16-24(35)17-27(36)41-14-12-40-13-15-42-33(37)38/h6-11,19-20,23-24,34-35,37-38H,12-18H2,1-5H3/b11-10+/t23-,24-/m1/s1. The molecule has 0 radical (unpaired) electrons. The number of rotatable bonds is 18. The van der Waals surface area contributed by atoms with Crippen molar-refractivity contribution in [2.45, 2.75) is 71.2 Å². The first-order chi connectivity index (χ1) is 19.9. The van der Waals surface area contributed by atoms with E-state index < -0.39 is 23.6 Å². The van der Waals surface area contributed by atoms with Gasteiger partial charge in [-0.3, -0.25) is 20.2 Å². The lowest BCUT2D eigenvalue weighted by Gasteiger charge is -2.23. The van der Waals surface area contributed by atoms with Gasteiger partial charge in [-0.1, -0.05) is 52.0 Å². The molecular formula is C30H43FN2O9. The number of carbonyl (C=O) groups is 1. The summed E-state index contributed by atoms with van der Waals surface area (Å²) in [7, 11) is 1.60. The molecule has 1 aromatic carbocycles. The Balaban J connectivity index is 2.18. The maximum absolute atomic E-state index is 13.8. The highest BCUT2D eigenvalue weighted by molar-refractivity contribution is 5.80. The average Bonchev–Trinajstić information content (AvgIpc) is 2.91. The van der Waals surface area contributed by atoms with Crippen LogP contribution in [0.25, 0.3) is 17.2 Å². The average molecular weight is 595 g/mol. The fourth-order valence-electron chi connectivity index (χ4n) is 4.39. The minimum Gasteiger partial charge on any atom is -0.463 e. The van der Waals surface area contributed by atoms with Crippen molar-refractivity contribution >= 4 is 12.0 Å². The molecule has 0 amide bonds. The van der Waals surface area contributed by atoms with Gasteiger partial charge in [-0.05, 0) is 35.1 Å². The molecule has 2 aromatic rings. The summed E-state index contributed by atoms with van der Waals surface area (Å²) in [6, 6.07) is 6.21. The molecule has 0 unspecified atom stereocenters. The van der Waals surface area contributed by atoms with E-state index in [1.54, 1.807) is 31.4 Å². The number of aromatic nitrogens is 1. The first-order valence-electron chi connectivity index (χ1n) is 13.8. The second-order valence-corrected chi connectivity index (χ2v) is 10.3. The summed E-state index contributed by atoms with van der Waals surface area (Å²) < 4.78 is 29.5. The molecule has 0 aliphatic rings. The maximum Gasteiger partial charge on any atom is 0.308 e. The first-order valence-corrected chi connectivity index (χ1v) is 13.8. The van der Waals surface area contributed by atoms with Crippen molar-refractivity contribution in [1.82, 2.24) is 10.4 Å². The third-order valence-electron chi connectivity index (χ3n) is 6.24. The zero-order chi connectivity index (χ0) is 31.2. The van der Waals surface area contributed by atoms with Crippen molar-refractivity contribution in [3.8, 4) is 11.1 Å². The number of carbonyl (C=O) groups excluding carboxylic acids is 1. The highest BCUT2D eigenvalue weighted by Crippen LogP contribution is 2.38. The highest BCUT2D eigenvalue weighted by Gasteiger charge is 2.23. The molecule has 0 saturated carbocycles. The summed E-state index contributed by atoms with van der Waals surface area (Å²) >= 11 is 0. The van der Waals surface area contributed by atoms with Gasteiger partial charge in [-0.2, -0.15) is 0 Å². The van der Waals surface area contributed by atoms with E-state index in [1.165, 1.54) is 12.1 Å². The van der Waals surface area contributed by atoms with E-state index in [0.29, 0.717) is 6.61 Å². The zero-order valence-corrected chi connectivity index (χ0v) is 24.8. The quantitative estimate of drug-likeness (QED) is 0.111. The predicted molar refractivity (Wildman–Crippen MR) is 152 cm³/mol. The van der Waals surface area contributed by atoms with E-state index in [2.05, 4.69) is 18.7 Å². The third kappa shape index (κ3) is 11.5. The monoisotopic (exact) mass is 594 g/mol. The fourth-order valence-corrected chi connectivity index (χ4v) is 4.39. The SMILES string of the molecule is COCc1c(C(C)C)nc(C(C)C)c(/C=C/[C@@H](O)C[C@@H](O)CC(=O)OCCOCCON(O)O)c1-c1ccc(F)cc1. The van der Waals surface area contributed by atoms with Crippen molar-refractivity contribution in [2.75, 3.05) is 33.5 Å². The molecule has 2 rings (SSSR count). The van der Waals surface area contributed by atoms with Gasteiger partial charge in [-0.15, -0.1) is 0 Å². The molecule has 4 N–H and O–H groups in total. The smallest absolute Gasteiger partial charge is 0.308 e. The Hall–Kier alpha value is -2.81. The highest BCUT2D eigenvalue weighted by atomic mass is 19.1. The second-order valence-electron chi connectivity index (χ2n) is 10.3. The molecule has 1 aromatic heterocycles. The van der Waals surface area contributed by atoms with Crippen LogP contribution >= 0.6 is 0 Å². The van der Waals surface area contributed by atoms with E-state index >= 15 is 0 Å². The van der Waals surface area contributed by atoms with E-state index in [1.807, 2.05) is 13.8 Å². The van der Waals surface area contributed by atoms with Gasteiger partial charge in [0.15, 0.2) is 0 Å². The van der Waals surface area contributed by atoms with Gasteiger partial charge < -0.3 is 24.4 Å². The molecular weight excluding hydrogens is 551 g/mol. The van der Waals surface area contributed by atoms with Gasteiger partial charge >= 0.3 is 5.97 Å². The van der Waals surface area contributed by atoms with Gasteiger partial charge in [0.25, 0.3) is 0 Å². The van der Waals surface area contributed by atoms with Gasteiger partial charge in [0.2, 0.25) is 0 Å². The summed E-state index contributed by atoms with van der Waals surface area (Å²) in [5.41, 5.74) is 4.95. The number of hydrogen-bond acceptors (Lipinski definition) is 11. The number of methoxy groups -OCH3 is 1. The minimum atomic E-state index is -1.15. The van der Waals surface area contributed by atoms with Crippen LogP contribution in [0.1, 0.15) is 74.9 Å². The lowest BCUT2D eigenvalue weighted by molar-refractivity contribution is -0.493. The van der Waals surface area contributed by atoms with Crippen LogP contribution in [0, 0.1) is 5.82 Å². The summed E-state index contributed by atoms with van der Waals surface area (Å²) in [5.74, 6) is -0.877. The molecule has 0 aliphatic heterocycles. The lowest BCUT2D eigenvalue weighted by atomic mass is 9.87. The van der Waals surface area contributed by atoms with Crippen LogP contribution in [-0.2, 0) is 30.4 Å². The van der Waals surface area contributed by atoms with Crippen molar-refractivity contribution in [3.63, 3.8) is 0 Å². The number of benzene rings is 1. The molecule has 42 heavy (non-hydrogen) atoms. The van der Waals surface area contributed by atoms with E-state index in [9.17, 15) is 19.4 Å². The molecule has 2 atom stereocenters. The van der Waals surface area contributed by atoms with Crippen LogP contribution in [0.15, 0.2) is 30.3 Å². The summed E-state index contributed by atoms with van der Waals surface area (Å²) in [6.07, 6.45) is 0.644. The number of hydrogen-bond donors (Lipinski definition) is 4. The Labute approximate surface area is 246 Å². The zero-order valence-electron chi connectivity index (χ0n) is 24.8. The van der Waals surface area contributed by atoms with E-state index in [0.717, 1.165) is 33.6 Å². The molecule has 12 heteroatoms.